The van der Waals surface area contributed by atoms with Crippen LogP contribution in [0.1, 0.15) is 27.2 Å². The first kappa shape index (κ1) is 13.7. The lowest BCUT2D eigenvalue weighted by atomic mass is 10.2. The molecule has 0 amide bonds. The van der Waals surface area contributed by atoms with Gasteiger partial charge in [-0.1, -0.05) is 20.8 Å². The zero-order chi connectivity index (χ0) is 12.6. The molecule has 0 bridgehead atoms. The number of hydrogen-bond donors (Lipinski definition) is 1. The van der Waals surface area contributed by atoms with Crippen molar-refractivity contribution < 1.29 is 9.63 Å². The van der Waals surface area contributed by atoms with E-state index in [1.165, 1.54) is 0 Å². The average molecular weight is 242 g/mol. The summed E-state index contributed by atoms with van der Waals surface area (Å²) in [6.07, 6.45) is 0.595. The van der Waals surface area contributed by atoms with Gasteiger partial charge in [0.15, 0.2) is 8.32 Å². The molecule has 1 aliphatic heterocycles. The lowest BCUT2D eigenvalue weighted by Gasteiger charge is -2.39. The monoisotopic (exact) mass is 242 g/mol. The second kappa shape index (κ2) is 4.45. The molecule has 5 heteroatoms. The molecule has 1 heterocycles. The van der Waals surface area contributed by atoms with E-state index in [4.69, 9.17) is 9.69 Å². The van der Waals surface area contributed by atoms with Crippen LogP contribution in [-0.4, -0.2) is 37.3 Å². The lowest BCUT2D eigenvalue weighted by Crippen LogP contribution is -2.46. The second-order valence-electron chi connectivity index (χ2n) is 5.94. The van der Waals surface area contributed by atoms with Crippen LogP contribution in [-0.2, 0) is 4.43 Å². The van der Waals surface area contributed by atoms with Gasteiger partial charge >= 0.3 is 0 Å². The second-order valence-corrected chi connectivity index (χ2v) is 10.7. The van der Waals surface area contributed by atoms with Crippen molar-refractivity contribution in [2.45, 2.75) is 57.5 Å². The van der Waals surface area contributed by atoms with Crippen LogP contribution in [0.3, 0.4) is 0 Å². The fourth-order valence-electron chi connectivity index (χ4n) is 1.58. The highest BCUT2D eigenvalue weighted by Crippen LogP contribution is 2.38. The standard InChI is InChI=1S/C11H22N2O2Si/c1-11(2,3)16(4,5)15-10-6-7-13(14)9(10)8-12/h9-10,14H,6-7H2,1-5H3/t9-,10+/m0/s1. The molecule has 0 aromatic rings. The van der Waals surface area contributed by atoms with Gasteiger partial charge in [-0.2, -0.15) is 10.3 Å². The maximum absolute atomic E-state index is 9.51. The summed E-state index contributed by atoms with van der Waals surface area (Å²) in [5.41, 5.74) is 0. The van der Waals surface area contributed by atoms with Crippen LogP contribution in [0.25, 0.3) is 0 Å². The van der Waals surface area contributed by atoms with Crippen molar-refractivity contribution in [2.24, 2.45) is 0 Å². The fourth-order valence-corrected chi connectivity index (χ4v) is 2.93. The quantitative estimate of drug-likeness (QED) is 0.755. The van der Waals surface area contributed by atoms with Gasteiger partial charge in [-0.25, -0.2) is 0 Å². The van der Waals surface area contributed by atoms with Gasteiger partial charge in [0.05, 0.1) is 12.2 Å². The maximum atomic E-state index is 9.51. The van der Waals surface area contributed by atoms with E-state index >= 15 is 0 Å². The first-order valence-electron chi connectivity index (χ1n) is 5.72. The van der Waals surface area contributed by atoms with Crippen LogP contribution in [0.2, 0.25) is 18.1 Å². The largest absolute Gasteiger partial charge is 0.411 e. The highest BCUT2D eigenvalue weighted by molar-refractivity contribution is 6.74. The van der Waals surface area contributed by atoms with Crippen LogP contribution >= 0.6 is 0 Å². The Kier molecular flexibility index (Phi) is 3.80. The van der Waals surface area contributed by atoms with Crippen molar-refractivity contribution in [3.63, 3.8) is 0 Å². The molecule has 92 valence electrons. The zero-order valence-corrected chi connectivity index (χ0v) is 11.8. The zero-order valence-electron chi connectivity index (χ0n) is 10.8. The number of hydrogen-bond acceptors (Lipinski definition) is 4. The molecular formula is C11H22N2O2Si. The summed E-state index contributed by atoms with van der Waals surface area (Å²) < 4.78 is 6.15. The van der Waals surface area contributed by atoms with E-state index in [0.717, 1.165) is 11.5 Å². The van der Waals surface area contributed by atoms with Gasteiger partial charge in [0.25, 0.3) is 0 Å². The van der Waals surface area contributed by atoms with E-state index in [-0.39, 0.29) is 11.1 Å². The van der Waals surface area contributed by atoms with Crippen molar-refractivity contribution >= 4 is 8.32 Å². The third-order valence-corrected chi connectivity index (χ3v) is 8.20. The first-order chi connectivity index (χ1) is 7.19. The van der Waals surface area contributed by atoms with Crippen molar-refractivity contribution in [1.82, 2.24) is 5.06 Å². The Balaban J connectivity index is 2.72. The Bertz CT molecular complexity index is 293. The highest BCUT2D eigenvalue weighted by Gasteiger charge is 2.43. The van der Waals surface area contributed by atoms with E-state index in [2.05, 4.69) is 39.9 Å². The Morgan fingerprint density at radius 1 is 1.44 bits per heavy atom. The number of hydroxylamine groups is 2. The molecule has 1 fully saturated rings. The molecule has 1 saturated heterocycles. The molecule has 1 N–H and O–H groups in total. The molecule has 0 saturated carbocycles. The van der Waals surface area contributed by atoms with Crippen molar-refractivity contribution in [3.8, 4) is 6.07 Å². The number of rotatable bonds is 2. The molecule has 0 radical (unpaired) electrons. The van der Waals surface area contributed by atoms with Gasteiger partial charge in [-0.05, 0) is 24.6 Å². The van der Waals surface area contributed by atoms with Crippen molar-refractivity contribution in [2.75, 3.05) is 6.54 Å². The molecule has 0 spiro atoms. The normalized spacial score (nSPS) is 28.1. The van der Waals surface area contributed by atoms with Gasteiger partial charge < -0.3 is 9.63 Å². The predicted molar refractivity (Wildman–Crippen MR) is 64.6 cm³/mol. The first-order valence-corrected chi connectivity index (χ1v) is 8.63. The van der Waals surface area contributed by atoms with Crippen LogP contribution in [0.15, 0.2) is 0 Å². The van der Waals surface area contributed by atoms with Gasteiger partial charge in [0.2, 0.25) is 0 Å². The molecule has 2 atom stereocenters. The van der Waals surface area contributed by atoms with E-state index < -0.39 is 14.4 Å². The van der Waals surface area contributed by atoms with E-state index in [0.29, 0.717) is 6.54 Å². The molecule has 0 aliphatic carbocycles. The Morgan fingerprint density at radius 3 is 2.44 bits per heavy atom. The minimum Gasteiger partial charge on any atom is -0.411 e. The van der Waals surface area contributed by atoms with Gasteiger partial charge in [-0.15, -0.1) is 0 Å². The van der Waals surface area contributed by atoms with Gasteiger partial charge in [0.1, 0.15) is 6.04 Å². The molecule has 1 rings (SSSR count). The van der Waals surface area contributed by atoms with Crippen LogP contribution in [0, 0.1) is 11.3 Å². The van der Waals surface area contributed by atoms with Gasteiger partial charge in [0, 0.05) is 6.54 Å². The van der Waals surface area contributed by atoms with Crippen LogP contribution in [0.5, 0.6) is 0 Å². The fraction of sp³-hybridized carbons (Fsp3) is 0.909. The predicted octanol–water partition coefficient (Wildman–Crippen LogP) is 2.36. The summed E-state index contributed by atoms with van der Waals surface area (Å²) in [5.74, 6) is 0. The summed E-state index contributed by atoms with van der Waals surface area (Å²) >= 11 is 0. The SMILES string of the molecule is CC(C)(C)[Si](C)(C)O[C@@H]1CCN(O)[C@H]1C#N. The number of nitriles is 1. The average Bonchev–Trinajstić information content (AvgIpc) is 2.44. The molecule has 0 aromatic carbocycles. The smallest absolute Gasteiger partial charge is 0.192 e. The number of nitrogens with zero attached hydrogens (tertiary/aromatic N) is 2. The highest BCUT2D eigenvalue weighted by atomic mass is 28.4. The molecule has 0 unspecified atom stereocenters. The summed E-state index contributed by atoms with van der Waals surface area (Å²) in [4.78, 5) is 0. The molecule has 16 heavy (non-hydrogen) atoms. The lowest BCUT2D eigenvalue weighted by molar-refractivity contribution is -0.0972. The van der Waals surface area contributed by atoms with Crippen LogP contribution in [0.4, 0.5) is 0 Å². The summed E-state index contributed by atoms with van der Waals surface area (Å²) in [6, 6.07) is 1.61. The van der Waals surface area contributed by atoms with Crippen LogP contribution < -0.4 is 0 Å². The molecule has 4 nitrogen and oxygen atoms in total. The minimum atomic E-state index is -1.85. The summed E-state index contributed by atoms with van der Waals surface area (Å²) in [7, 11) is -1.85. The third-order valence-electron chi connectivity index (χ3n) is 3.70. The third kappa shape index (κ3) is 2.63. The Morgan fingerprint density at radius 2 is 2.00 bits per heavy atom. The van der Waals surface area contributed by atoms with Gasteiger partial charge in [-0.3, -0.25) is 0 Å². The molecular weight excluding hydrogens is 220 g/mol. The molecule has 0 aromatic heterocycles. The maximum Gasteiger partial charge on any atom is 0.192 e. The van der Waals surface area contributed by atoms with E-state index in [1.807, 2.05) is 0 Å². The minimum absolute atomic E-state index is 0.135. The Labute approximate surface area is 98.9 Å². The summed E-state index contributed by atoms with van der Waals surface area (Å²) in [5, 5.41) is 19.7. The van der Waals surface area contributed by atoms with Crippen molar-refractivity contribution in [3.05, 3.63) is 0 Å². The Hall–Kier alpha value is -0.413. The van der Waals surface area contributed by atoms with Crippen molar-refractivity contribution in [1.29, 1.82) is 5.26 Å². The molecule has 1 aliphatic rings. The summed E-state index contributed by atoms with van der Waals surface area (Å²) in [6.45, 7) is 11.4. The topological polar surface area (TPSA) is 56.5 Å². The van der Waals surface area contributed by atoms with E-state index in [1.54, 1.807) is 0 Å². The van der Waals surface area contributed by atoms with E-state index in [9.17, 15) is 5.21 Å².